The summed E-state index contributed by atoms with van der Waals surface area (Å²) in [6, 6.07) is 12.0. The van der Waals surface area contributed by atoms with Crippen LogP contribution in [-0.2, 0) is 25.9 Å². The highest BCUT2D eigenvalue weighted by Gasteiger charge is 2.29. The summed E-state index contributed by atoms with van der Waals surface area (Å²) in [6.45, 7) is 7.22. The van der Waals surface area contributed by atoms with E-state index in [0.29, 0.717) is 38.4 Å². The number of nitrogens with one attached hydrogen (secondary N) is 1. The molecule has 0 spiro atoms. The van der Waals surface area contributed by atoms with E-state index in [1.165, 1.54) is 18.2 Å². The van der Waals surface area contributed by atoms with Crippen LogP contribution in [0.1, 0.15) is 44.7 Å². The summed E-state index contributed by atoms with van der Waals surface area (Å²) >= 11 is 11.9. The molecule has 1 aliphatic rings. The zero-order chi connectivity index (χ0) is 28.8. The van der Waals surface area contributed by atoms with Crippen LogP contribution in [0.25, 0.3) is 0 Å². The summed E-state index contributed by atoms with van der Waals surface area (Å²) in [5.41, 5.74) is 1.14. The number of nitrogens with zero attached hydrogens (tertiary/aromatic N) is 3. The van der Waals surface area contributed by atoms with Gasteiger partial charge in [-0.15, -0.1) is 0 Å². The molecule has 9 nitrogen and oxygen atoms in total. The lowest BCUT2D eigenvalue weighted by Gasteiger charge is -2.25. The van der Waals surface area contributed by atoms with Gasteiger partial charge in [0, 0.05) is 25.6 Å². The van der Waals surface area contributed by atoms with Gasteiger partial charge in [-0.3, -0.25) is 14.7 Å². The second kappa shape index (κ2) is 13.1. The molecule has 12 heteroatoms. The van der Waals surface area contributed by atoms with Gasteiger partial charge in [-0.1, -0.05) is 53.5 Å². The van der Waals surface area contributed by atoms with E-state index in [1.54, 1.807) is 16.8 Å². The summed E-state index contributed by atoms with van der Waals surface area (Å²) in [7, 11) is -1.93. The maximum absolute atomic E-state index is 12.6. The van der Waals surface area contributed by atoms with Crippen molar-refractivity contribution < 1.29 is 22.7 Å². The van der Waals surface area contributed by atoms with E-state index in [4.69, 9.17) is 27.9 Å². The SMILES string of the molecule is CN(Cc1ccc(C2=NCCN2C(=O)OC(C)(C)C)cc1)C(=O)CCCNCS(=O)(=O)c1cccc(Cl)c1Cl. The number of hydrogen-bond acceptors (Lipinski definition) is 7. The molecule has 1 N–H and O–H groups in total. The van der Waals surface area contributed by atoms with Crippen LogP contribution in [0.5, 0.6) is 0 Å². The molecule has 3 rings (SSSR count). The van der Waals surface area contributed by atoms with Crippen molar-refractivity contribution in [2.24, 2.45) is 4.99 Å². The zero-order valence-corrected chi connectivity index (χ0v) is 24.9. The largest absolute Gasteiger partial charge is 0.443 e. The number of sulfone groups is 1. The first-order valence-corrected chi connectivity index (χ1v) is 14.9. The van der Waals surface area contributed by atoms with Gasteiger partial charge in [0.2, 0.25) is 5.91 Å². The molecule has 0 aromatic heterocycles. The van der Waals surface area contributed by atoms with E-state index in [1.807, 2.05) is 45.0 Å². The summed E-state index contributed by atoms with van der Waals surface area (Å²) < 4.78 is 30.5. The van der Waals surface area contributed by atoms with E-state index in [9.17, 15) is 18.0 Å². The first-order chi connectivity index (χ1) is 18.3. The molecule has 0 radical (unpaired) electrons. The first kappa shape index (κ1) is 30.9. The third-order valence-electron chi connectivity index (χ3n) is 5.80. The summed E-state index contributed by atoms with van der Waals surface area (Å²) in [6.07, 6.45) is 0.316. The second-order valence-corrected chi connectivity index (χ2v) is 12.9. The number of amides is 2. The van der Waals surface area contributed by atoms with Crippen LogP contribution in [0.4, 0.5) is 4.79 Å². The van der Waals surface area contributed by atoms with Crippen LogP contribution in [0.15, 0.2) is 52.4 Å². The molecule has 0 saturated carbocycles. The number of ether oxygens (including phenoxy) is 1. The van der Waals surface area contributed by atoms with Crippen LogP contribution in [0.3, 0.4) is 0 Å². The molecule has 0 aliphatic carbocycles. The zero-order valence-electron chi connectivity index (χ0n) is 22.5. The number of rotatable bonds is 10. The average Bonchev–Trinajstić information content (AvgIpc) is 3.35. The van der Waals surface area contributed by atoms with Gasteiger partial charge in [0.15, 0.2) is 9.84 Å². The standard InChI is InChI=1S/C27H34Cl2N4O5S/c1-27(2,3)38-26(35)33-16-15-31-25(33)20-12-10-19(11-13-20)17-32(4)23(34)9-6-14-30-18-39(36,37)22-8-5-7-21(28)24(22)29/h5,7-8,10-13,30H,6,9,14-18H2,1-4H3. The van der Waals surface area contributed by atoms with Crippen molar-refractivity contribution in [1.82, 2.24) is 15.1 Å². The molecule has 0 atom stereocenters. The number of benzene rings is 2. The third kappa shape index (κ3) is 8.66. The Hall–Kier alpha value is -2.66. The topological polar surface area (TPSA) is 108 Å². The van der Waals surface area contributed by atoms with Crippen molar-refractivity contribution in [3.05, 3.63) is 63.6 Å². The average molecular weight is 598 g/mol. The minimum atomic E-state index is -3.66. The molecule has 2 aromatic rings. The minimum Gasteiger partial charge on any atom is -0.443 e. The monoisotopic (exact) mass is 596 g/mol. The highest BCUT2D eigenvalue weighted by Crippen LogP contribution is 2.29. The fraction of sp³-hybridized carbons (Fsp3) is 0.444. The summed E-state index contributed by atoms with van der Waals surface area (Å²) in [4.78, 5) is 32.7. The van der Waals surface area contributed by atoms with Gasteiger partial charge in [0.25, 0.3) is 0 Å². The Morgan fingerprint density at radius 3 is 2.49 bits per heavy atom. The fourth-order valence-corrected chi connectivity index (χ4v) is 5.82. The number of hydrogen-bond donors (Lipinski definition) is 1. The lowest BCUT2D eigenvalue weighted by molar-refractivity contribution is -0.130. The predicted molar refractivity (Wildman–Crippen MR) is 153 cm³/mol. The lowest BCUT2D eigenvalue weighted by atomic mass is 10.1. The molecule has 212 valence electrons. The second-order valence-electron chi connectivity index (χ2n) is 10.2. The Morgan fingerprint density at radius 1 is 1.13 bits per heavy atom. The molecule has 2 amide bonds. The molecular weight excluding hydrogens is 563 g/mol. The molecule has 2 aromatic carbocycles. The van der Waals surface area contributed by atoms with Crippen molar-refractivity contribution >= 4 is 50.9 Å². The van der Waals surface area contributed by atoms with E-state index < -0.39 is 21.5 Å². The van der Waals surface area contributed by atoms with E-state index in [2.05, 4.69) is 10.3 Å². The number of carbonyl (C=O) groups is 2. The van der Waals surface area contributed by atoms with Crippen molar-refractivity contribution in [1.29, 1.82) is 0 Å². The van der Waals surface area contributed by atoms with Crippen molar-refractivity contribution in [3.63, 3.8) is 0 Å². The maximum Gasteiger partial charge on any atom is 0.416 e. The van der Waals surface area contributed by atoms with Crippen LogP contribution in [-0.4, -0.2) is 74.2 Å². The number of halogens is 2. The highest BCUT2D eigenvalue weighted by atomic mass is 35.5. The Kier molecular flexibility index (Phi) is 10.4. The van der Waals surface area contributed by atoms with E-state index in [0.717, 1.165) is 11.1 Å². The maximum atomic E-state index is 12.6. The molecule has 0 unspecified atom stereocenters. The lowest BCUT2D eigenvalue weighted by Crippen LogP contribution is -2.39. The minimum absolute atomic E-state index is 0.00222. The van der Waals surface area contributed by atoms with Crippen LogP contribution < -0.4 is 5.32 Å². The quantitative estimate of drug-likeness (QED) is 0.396. The number of aliphatic imine (C=N–C) groups is 1. The van der Waals surface area contributed by atoms with Crippen LogP contribution >= 0.6 is 23.2 Å². The molecule has 0 bridgehead atoms. The Morgan fingerprint density at radius 2 is 1.82 bits per heavy atom. The Labute approximate surface area is 240 Å². The predicted octanol–water partition coefficient (Wildman–Crippen LogP) is 4.75. The van der Waals surface area contributed by atoms with Gasteiger partial charge in [-0.2, -0.15) is 0 Å². The highest BCUT2D eigenvalue weighted by molar-refractivity contribution is 7.91. The van der Waals surface area contributed by atoms with Gasteiger partial charge >= 0.3 is 6.09 Å². The molecule has 1 heterocycles. The van der Waals surface area contributed by atoms with Gasteiger partial charge in [0.05, 0.1) is 28.0 Å². The number of amidine groups is 1. The van der Waals surface area contributed by atoms with Crippen molar-refractivity contribution in [2.45, 2.75) is 50.7 Å². The Bertz CT molecular complexity index is 1320. The van der Waals surface area contributed by atoms with Gasteiger partial charge in [-0.05, 0) is 51.4 Å². The van der Waals surface area contributed by atoms with Crippen LogP contribution in [0.2, 0.25) is 10.0 Å². The third-order valence-corrected chi connectivity index (χ3v) is 8.33. The Balaban J connectivity index is 1.45. The van der Waals surface area contributed by atoms with E-state index in [-0.39, 0.29) is 33.1 Å². The summed E-state index contributed by atoms with van der Waals surface area (Å²) in [5, 5.41) is 3.04. The molecular formula is C27H34Cl2N4O5S. The van der Waals surface area contributed by atoms with Gasteiger partial charge in [-0.25, -0.2) is 13.2 Å². The van der Waals surface area contributed by atoms with Crippen molar-refractivity contribution in [2.75, 3.05) is 32.6 Å². The molecule has 0 fully saturated rings. The van der Waals surface area contributed by atoms with Gasteiger partial charge < -0.3 is 15.0 Å². The smallest absolute Gasteiger partial charge is 0.416 e. The van der Waals surface area contributed by atoms with Gasteiger partial charge in [0.1, 0.15) is 17.3 Å². The summed E-state index contributed by atoms with van der Waals surface area (Å²) in [5.74, 6) is 0.213. The molecule has 39 heavy (non-hydrogen) atoms. The van der Waals surface area contributed by atoms with Crippen molar-refractivity contribution in [3.8, 4) is 0 Å². The molecule has 0 saturated heterocycles. The fourth-order valence-electron chi connectivity index (χ4n) is 3.87. The first-order valence-electron chi connectivity index (χ1n) is 12.5. The number of carbonyl (C=O) groups excluding carboxylic acids is 2. The normalized spacial score (nSPS) is 13.8. The molecule has 1 aliphatic heterocycles. The van der Waals surface area contributed by atoms with E-state index >= 15 is 0 Å². The van der Waals surface area contributed by atoms with Crippen LogP contribution in [0, 0.1) is 0 Å².